The summed E-state index contributed by atoms with van der Waals surface area (Å²) in [6, 6.07) is 7.86. The number of rotatable bonds is 4. The van der Waals surface area contributed by atoms with Crippen LogP contribution in [0.15, 0.2) is 24.3 Å². The number of halogens is 1. The molecular weight excluding hydrogens is 338 g/mol. The molecular formula is C19H24ClN3O2. The number of carbonyl (C=O) groups excluding carboxylic acids is 2. The summed E-state index contributed by atoms with van der Waals surface area (Å²) in [6.07, 6.45) is 3.77. The number of likely N-dealkylation sites (tertiary alicyclic amines) is 1. The molecule has 2 heterocycles. The number of hydrogen-bond donors (Lipinski definition) is 2. The molecule has 2 saturated heterocycles. The number of nitrogens with one attached hydrogen (secondary N) is 2. The maximum Gasteiger partial charge on any atom is 0.239 e. The van der Waals surface area contributed by atoms with E-state index in [9.17, 15) is 9.59 Å². The van der Waals surface area contributed by atoms with E-state index in [0.29, 0.717) is 18.9 Å². The number of amides is 2. The first kappa shape index (κ1) is 16.9. The van der Waals surface area contributed by atoms with E-state index in [1.165, 1.54) is 5.56 Å². The Morgan fingerprint density at radius 3 is 2.56 bits per heavy atom. The van der Waals surface area contributed by atoms with Gasteiger partial charge in [-0.2, -0.15) is 0 Å². The first-order valence-corrected chi connectivity index (χ1v) is 9.57. The third kappa shape index (κ3) is 3.67. The molecule has 3 fully saturated rings. The fraction of sp³-hybridized carbons (Fsp3) is 0.579. The highest BCUT2D eigenvalue weighted by Gasteiger charge is 2.42. The van der Waals surface area contributed by atoms with Crippen LogP contribution >= 0.6 is 11.6 Å². The summed E-state index contributed by atoms with van der Waals surface area (Å²) in [5.41, 5.74) is 1.22. The van der Waals surface area contributed by atoms with Crippen molar-refractivity contribution in [3.8, 4) is 0 Å². The molecule has 4 rings (SSSR count). The van der Waals surface area contributed by atoms with Crippen LogP contribution in [0, 0.1) is 5.92 Å². The Bertz CT molecular complexity index is 657. The maximum atomic E-state index is 12.5. The lowest BCUT2D eigenvalue weighted by molar-refractivity contribution is -0.132. The van der Waals surface area contributed by atoms with Crippen LogP contribution in [0.25, 0.3) is 0 Å². The monoisotopic (exact) mass is 361 g/mol. The van der Waals surface area contributed by atoms with E-state index in [0.717, 1.165) is 37.4 Å². The molecule has 4 atom stereocenters. The highest BCUT2D eigenvalue weighted by Crippen LogP contribution is 2.41. The molecule has 0 aromatic heterocycles. The van der Waals surface area contributed by atoms with Crippen molar-refractivity contribution in [2.24, 2.45) is 5.92 Å². The van der Waals surface area contributed by atoms with E-state index in [1.807, 2.05) is 29.2 Å². The second-order valence-electron chi connectivity index (χ2n) is 7.43. The summed E-state index contributed by atoms with van der Waals surface area (Å²) in [5.74, 6) is 0.518. The van der Waals surface area contributed by atoms with Gasteiger partial charge in [-0.1, -0.05) is 23.7 Å². The van der Waals surface area contributed by atoms with E-state index < -0.39 is 0 Å². The Kier molecular flexibility index (Phi) is 4.69. The van der Waals surface area contributed by atoms with Crippen molar-refractivity contribution in [1.82, 2.24) is 15.5 Å². The molecule has 25 heavy (non-hydrogen) atoms. The Morgan fingerprint density at radius 1 is 1.12 bits per heavy atom. The van der Waals surface area contributed by atoms with Crippen LogP contribution in [0.4, 0.5) is 0 Å². The van der Waals surface area contributed by atoms with Gasteiger partial charge < -0.3 is 15.5 Å². The summed E-state index contributed by atoms with van der Waals surface area (Å²) in [7, 11) is 0. The van der Waals surface area contributed by atoms with E-state index in [2.05, 4.69) is 10.6 Å². The summed E-state index contributed by atoms with van der Waals surface area (Å²) >= 11 is 5.92. The zero-order valence-electron chi connectivity index (χ0n) is 14.2. The normalized spacial score (nSPS) is 31.2. The Labute approximate surface area is 153 Å². The molecule has 0 unspecified atom stereocenters. The number of hydrogen-bond acceptors (Lipinski definition) is 3. The van der Waals surface area contributed by atoms with E-state index in [-0.39, 0.29) is 29.8 Å². The average Bonchev–Trinajstić information content (AvgIpc) is 3.06. The van der Waals surface area contributed by atoms with Crippen molar-refractivity contribution in [3.05, 3.63) is 34.9 Å². The molecule has 1 aromatic carbocycles. The van der Waals surface area contributed by atoms with Gasteiger partial charge in [-0.25, -0.2) is 0 Å². The number of carbonyl (C=O) groups is 2. The van der Waals surface area contributed by atoms with Gasteiger partial charge in [0.25, 0.3) is 0 Å². The van der Waals surface area contributed by atoms with Gasteiger partial charge in [0, 0.05) is 36.6 Å². The highest BCUT2D eigenvalue weighted by molar-refractivity contribution is 6.30. The fourth-order valence-electron chi connectivity index (χ4n) is 4.01. The summed E-state index contributed by atoms with van der Waals surface area (Å²) < 4.78 is 0. The predicted octanol–water partition coefficient (Wildman–Crippen LogP) is 1.91. The average molecular weight is 362 g/mol. The smallest absolute Gasteiger partial charge is 0.239 e. The lowest BCUT2D eigenvalue weighted by Gasteiger charge is -2.19. The molecule has 0 radical (unpaired) electrons. The van der Waals surface area contributed by atoms with Crippen molar-refractivity contribution in [2.45, 2.75) is 43.7 Å². The van der Waals surface area contributed by atoms with Crippen LogP contribution in [0.3, 0.4) is 0 Å². The number of nitrogens with zero attached hydrogens (tertiary/aromatic N) is 1. The van der Waals surface area contributed by atoms with Crippen molar-refractivity contribution in [2.75, 3.05) is 19.6 Å². The fourth-order valence-corrected chi connectivity index (χ4v) is 4.14. The third-order valence-electron chi connectivity index (χ3n) is 5.63. The van der Waals surface area contributed by atoms with Crippen molar-refractivity contribution in [3.63, 3.8) is 0 Å². The van der Waals surface area contributed by atoms with E-state index >= 15 is 0 Å². The number of benzene rings is 1. The molecule has 6 heteroatoms. The molecule has 5 nitrogen and oxygen atoms in total. The van der Waals surface area contributed by atoms with Crippen LogP contribution in [-0.2, 0) is 9.59 Å². The van der Waals surface area contributed by atoms with Gasteiger partial charge in [0.1, 0.15) is 0 Å². The van der Waals surface area contributed by atoms with E-state index in [1.54, 1.807) is 0 Å². The molecule has 134 valence electrons. The maximum absolute atomic E-state index is 12.5. The first-order chi connectivity index (χ1) is 12.1. The summed E-state index contributed by atoms with van der Waals surface area (Å²) in [6.45, 7) is 2.31. The zero-order chi connectivity index (χ0) is 17.4. The lowest BCUT2D eigenvalue weighted by atomic mass is 10.0. The van der Waals surface area contributed by atoms with Gasteiger partial charge in [0.15, 0.2) is 0 Å². The minimum Gasteiger partial charge on any atom is -0.352 e. The molecule has 3 aliphatic rings. The van der Waals surface area contributed by atoms with Crippen LogP contribution in [-0.4, -0.2) is 48.4 Å². The minimum atomic E-state index is -0.194. The van der Waals surface area contributed by atoms with Gasteiger partial charge >= 0.3 is 0 Å². The Balaban J connectivity index is 1.27. The highest BCUT2D eigenvalue weighted by atomic mass is 35.5. The van der Waals surface area contributed by atoms with Gasteiger partial charge in [0.05, 0.1) is 12.0 Å². The molecule has 0 spiro atoms. The molecule has 1 aliphatic carbocycles. The molecule has 2 N–H and O–H groups in total. The van der Waals surface area contributed by atoms with E-state index in [4.69, 9.17) is 11.6 Å². The molecule has 2 aliphatic heterocycles. The minimum absolute atomic E-state index is 0.0747. The standard InChI is InChI=1S/C19H24ClN3O2/c20-14-5-3-12(4-6-14)15-10-16(15)22-18(24)13-9-17(21-11-13)19(25)23-7-1-2-8-23/h3-6,13,15-17,21H,1-2,7-11H2,(H,22,24)/t13-,15+,16-,17-/m0/s1. The Morgan fingerprint density at radius 2 is 1.84 bits per heavy atom. The Hall–Kier alpha value is -1.59. The van der Waals surface area contributed by atoms with Gasteiger partial charge in [0.2, 0.25) is 11.8 Å². The zero-order valence-corrected chi connectivity index (χ0v) is 15.0. The molecule has 2 amide bonds. The third-order valence-corrected chi connectivity index (χ3v) is 5.89. The topological polar surface area (TPSA) is 61.4 Å². The SMILES string of the molecule is O=C(N[C@H]1C[C@@H]1c1ccc(Cl)cc1)[C@@H]1CN[C@H](C(=O)N2CCCC2)C1. The van der Waals surface area contributed by atoms with Gasteiger partial charge in [-0.15, -0.1) is 0 Å². The molecule has 1 aromatic rings. The van der Waals surface area contributed by atoms with Crippen LogP contribution in [0.5, 0.6) is 0 Å². The second kappa shape index (κ2) is 6.96. The molecule has 1 saturated carbocycles. The molecule has 0 bridgehead atoms. The van der Waals surface area contributed by atoms with Crippen molar-refractivity contribution >= 4 is 23.4 Å². The first-order valence-electron chi connectivity index (χ1n) is 9.20. The predicted molar refractivity (Wildman–Crippen MR) is 96.5 cm³/mol. The second-order valence-corrected chi connectivity index (χ2v) is 7.87. The largest absolute Gasteiger partial charge is 0.352 e. The summed E-state index contributed by atoms with van der Waals surface area (Å²) in [4.78, 5) is 26.9. The van der Waals surface area contributed by atoms with Crippen LogP contribution in [0.2, 0.25) is 5.02 Å². The van der Waals surface area contributed by atoms with Gasteiger partial charge in [-0.3, -0.25) is 9.59 Å². The van der Waals surface area contributed by atoms with Crippen molar-refractivity contribution in [1.29, 1.82) is 0 Å². The van der Waals surface area contributed by atoms with Gasteiger partial charge in [-0.05, 0) is 43.4 Å². The lowest BCUT2D eigenvalue weighted by Crippen LogP contribution is -2.42. The quantitative estimate of drug-likeness (QED) is 0.861. The van der Waals surface area contributed by atoms with Crippen LogP contribution in [0.1, 0.15) is 37.2 Å². The summed E-state index contributed by atoms with van der Waals surface area (Å²) in [5, 5.41) is 7.12. The van der Waals surface area contributed by atoms with Crippen LogP contribution < -0.4 is 10.6 Å². The van der Waals surface area contributed by atoms with Crippen molar-refractivity contribution < 1.29 is 9.59 Å².